The third-order valence-corrected chi connectivity index (χ3v) is 2.31. The molecule has 0 radical (unpaired) electrons. The number of aliphatic carboxylic acids is 1. The number of fused-ring (bicyclic) bond motifs is 1. The number of halogens is 1. The number of benzene rings is 1. The van der Waals surface area contributed by atoms with Crippen LogP contribution in [0, 0.1) is 0 Å². The quantitative estimate of drug-likeness (QED) is 0.873. The molecule has 2 aromatic rings. The van der Waals surface area contributed by atoms with Crippen molar-refractivity contribution in [3.05, 3.63) is 40.2 Å². The number of nitrogens with two attached hydrogens (primary N) is 1. The number of hydrogen-bond donors (Lipinski definition) is 2. The molecule has 102 valence electrons. The monoisotopic (exact) mass is 285 g/mol. The summed E-state index contributed by atoms with van der Waals surface area (Å²) >= 11 is 0. The van der Waals surface area contributed by atoms with Gasteiger partial charge in [0, 0.05) is 6.07 Å². The minimum atomic E-state index is -1.08. The first kappa shape index (κ1) is 15.0. The number of carboxylic acids is 1. The number of ether oxygens (including phenoxy) is 1. The molecule has 0 amide bonds. The van der Waals surface area contributed by atoms with E-state index in [2.05, 4.69) is 0 Å². The zero-order chi connectivity index (χ0) is 13.1. The molecule has 1 heterocycles. The average Bonchev–Trinajstić information content (AvgIpc) is 2.36. The van der Waals surface area contributed by atoms with Crippen LogP contribution < -0.4 is 15.9 Å². The molecule has 0 aliphatic rings. The molecule has 19 heavy (non-hydrogen) atoms. The fraction of sp³-hybridized carbons (Fsp3) is 0.167. The Labute approximate surface area is 114 Å². The molecule has 0 aliphatic carbocycles. The summed E-state index contributed by atoms with van der Waals surface area (Å²) in [7, 11) is 0. The van der Waals surface area contributed by atoms with Gasteiger partial charge in [0.05, 0.1) is 11.9 Å². The molecular formula is C12H12ClNO5. The van der Waals surface area contributed by atoms with Crippen molar-refractivity contribution in [1.29, 1.82) is 0 Å². The van der Waals surface area contributed by atoms with E-state index in [0.29, 0.717) is 22.5 Å². The minimum absolute atomic E-state index is 0. The predicted molar refractivity (Wildman–Crippen MR) is 70.8 cm³/mol. The summed E-state index contributed by atoms with van der Waals surface area (Å²) in [6.07, 6.45) is 0. The van der Waals surface area contributed by atoms with E-state index >= 15 is 0 Å². The van der Waals surface area contributed by atoms with Crippen LogP contribution in [0.15, 0.2) is 33.5 Å². The van der Waals surface area contributed by atoms with Crippen molar-refractivity contribution < 1.29 is 19.1 Å². The van der Waals surface area contributed by atoms with Gasteiger partial charge in [-0.3, -0.25) is 4.79 Å². The normalized spacial score (nSPS) is 9.95. The third kappa shape index (κ3) is 3.46. The van der Waals surface area contributed by atoms with Crippen LogP contribution in [-0.2, 0) is 11.3 Å². The summed E-state index contributed by atoms with van der Waals surface area (Å²) in [5, 5.41) is 8.82. The molecule has 0 saturated heterocycles. The maximum Gasteiger partial charge on any atom is 0.341 e. The van der Waals surface area contributed by atoms with E-state index in [-0.39, 0.29) is 24.4 Å². The van der Waals surface area contributed by atoms with Crippen LogP contribution in [0.25, 0.3) is 11.0 Å². The highest BCUT2D eigenvalue weighted by atomic mass is 35.5. The largest absolute Gasteiger partial charge is 0.482 e. The Morgan fingerprint density at radius 1 is 1.37 bits per heavy atom. The van der Waals surface area contributed by atoms with Crippen LogP contribution in [0.1, 0.15) is 5.76 Å². The van der Waals surface area contributed by atoms with Gasteiger partial charge in [-0.2, -0.15) is 0 Å². The third-order valence-electron chi connectivity index (χ3n) is 2.31. The van der Waals surface area contributed by atoms with Gasteiger partial charge in [-0.05, 0) is 18.2 Å². The van der Waals surface area contributed by atoms with Crippen molar-refractivity contribution >= 4 is 29.3 Å². The van der Waals surface area contributed by atoms with Gasteiger partial charge in [0.15, 0.2) is 12.0 Å². The molecule has 0 fully saturated rings. The summed E-state index contributed by atoms with van der Waals surface area (Å²) in [6.45, 7) is -0.319. The lowest BCUT2D eigenvalue weighted by Gasteiger charge is -2.05. The van der Waals surface area contributed by atoms with Crippen molar-refractivity contribution in [1.82, 2.24) is 0 Å². The fourth-order valence-electron chi connectivity index (χ4n) is 1.52. The summed E-state index contributed by atoms with van der Waals surface area (Å²) in [4.78, 5) is 22.1. The molecule has 1 aromatic carbocycles. The van der Waals surface area contributed by atoms with E-state index in [9.17, 15) is 9.59 Å². The summed E-state index contributed by atoms with van der Waals surface area (Å²) in [5.41, 5.74) is 5.55. The number of carbonyl (C=O) groups is 1. The molecule has 1 aromatic heterocycles. The van der Waals surface area contributed by atoms with Gasteiger partial charge < -0.3 is 20.0 Å². The highest BCUT2D eigenvalue weighted by Gasteiger charge is 2.06. The lowest BCUT2D eigenvalue weighted by Crippen LogP contribution is -2.10. The minimum Gasteiger partial charge on any atom is -0.482 e. The standard InChI is InChI=1S/C12H11NO5.ClH/c13-5-8-4-10(14)9-3-7(17-6-12(15)16)1-2-11(9)18-8;/h1-4H,5-6,13H2,(H,15,16);1H. The average molecular weight is 286 g/mol. The van der Waals surface area contributed by atoms with Crippen molar-refractivity contribution in [3.8, 4) is 5.75 Å². The number of rotatable bonds is 4. The lowest BCUT2D eigenvalue weighted by atomic mass is 10.2. The van der Waals surface area contributed by atoms with Crippen molar-refractivity contribution in [3.63, 3.8) is 0 Å². The van der Waals surface area contributed by atoms with Gasteiger partial charge in [0.25, 0.3) is 0 Å². The Hall–Kier alpha value is -2.05. The van der Waals surface area contributed by atoms with Crippen molar-refractivity contribution in [2.24, 2.45) is 5.73 Å². The zero-order valence-electron chi connectivity index (χ0n) is 9.79. The lowest BCUT2D eigenvalue weighted by molar-refractivity contribution is -0.139. The van der Waals surface area contributed by atoms with E-state index in [1.807, 2.05) is 0 Å². The van der Waals surface area contributed by atoms with Crippen LogP contribution in [0.5, 0.6) is 5.75 Å². The van der Waals surface area contributed by atoms with Gasteiger partial charge in [0.2, 0.25) is 0 Å². The molecule has 6 nitrogen and oxygen atoms in total. The van der Waals surface area contributed by atoms with Gasteiger partial charge in [-0.1, -0.05) is 0 Å². The number of carboxylic acid groups (broad SMARTS) is 1. The van der Waals surface area contributed by atoms with Gasteiger partial charge in [0.1, 0.15) is 17.1 Å². The molecule has 3 N–H and O–H groups in total. The molecule has 0 atom stereocenters. The van der Waals surface area contributed by atoms with Crippen LogP contribution in [0.3, 0.4) is 0 Å². The molecule has 0 saturated carbocycles. The van der Waals surface area contributed by atoms with E-state index in [1.54, 1.807) is 6.07 Å². The highest BCUT2D eigenvalue weighted by Crippen LogP contribution is 2.19. The molecule has 7 heteroatoms. The summed E-state index contributed by atoms with van der Waals surface area (Å²) < 4.78 is 10.4. The van der Waals surface area contributed by atoms with E-state index in [0.717, 1.165) is 0 Å². The zero-order valence-corrected chi connectivity index (χ0v) is 10.6. The first-order valence-electron chi connectivity index (χ1n) is 5.21. The second kappa shape index (κ2) is 6.21. The second-order valence-electron chi connectivity index (χ2n) is 3.62. The van der Waals surface area contributed by atoms with Gasteiger partial charge >= 0.3 is 5.97 Å². The smallest absolute Gasteiger partial charge is 0.341 e. The van der Waals surface area contributed by atoms with E-state index in [4.69, 9.17) is 20.0 Å². The molecule has 0 spiro atoms. The fourth-order valence-corrected chi connectivity index (χ4v) is 1.52. The topological polar surface area (TPSA) is 103 Å². The van der Waals surface area contributed by atoms with Crippen LogP contribution >= 0.6 is 12.4 Å². The summed E-state index contributed by atoms with van der Waals surface area (Å²) in [5.74, 6) is -0.384. The maximum absolute atomic E-state index is 11.8. The first-order chi connectivity index (χ1) is 8.60. The van der Waals surface area contributed by atoms with Crippen LogP contribution in [0.2, 0.25) is 0 Å². The second-order valence-corrected chi connectivity index (χ2v) is 3.62. The Morgan fingerprint density at radius 3 is 2.74 bits per heavy atom. The Morgan fingerprint density at radius 2 is 2.11 bits per heavy atom. The van der Waals surface area contributed by atoms with Crippen molar-refractivity contribution in [2.75, 3.05) is 6.61 Å². The van der Waals surface area contributed by atoms with Gasteiger partial charge in [-0.25, -0.2) is 4.79 Å². The first-order valence-corrected chi connectivity index (χ1v) is 5.21. The Kier molecular flexibility index (Phi) is 4.91. The molecule has 2 rings (SSSR count). The highest BCUT2D eigenvalue weighted by molar-refractivity contribution is 5.85. The van der Waals surface area contributed by atoms with Crippen LogP contribution in [-0.4, -0.2) is 17.7 Å². The Bertz CT molecular complexity index is 652. The van der Waals surface area contributed by atoms with E-state index in [1.165, 1.54) is 18.2 Å². The van der Waals surface area contributed by atoms with Crippen LogP contribution in [0.4, 0.5) is 0 Å². The van der Waals surface area contributed by atoms with Crippen molar-refractivity contribution in [2.45, 2.75) is 6.54 Å². The molecule has 0 unspecified atom stereocenters. The number of hydrogen-bond acceptors (Lipinski definition) is 5. The SMILES string of the molecule is Cl.NCc1cc(=O)c2cc(OCC(=O)O)ccc2o1. The predicted octanol–water partition coefficient (Wildman–Crippen LogP) is 1.14. The maximum atomic E-state index is 11.8. The molecule has 0 bridgehead atoms. The molecular weight excluding hydrogens is 274 g/mol. The van der Waals surface area contributed by atoms with Gasteiger partial charge in [-0.15, -0.1) is 12.4 Å². The molecule has 0 aliphatic heterocycles. The van der Waals surface area contributed by atoms with E-state index < -0.39 is 12.6 Å². The summed E-state index contributed by atoms with van der Waals surface area (Å²) in [6, 6.07) is 5.84. The Balaban J connectivity index is 0.00000180.